The van der Waals surface area contributed by atoms with E-state index in [0.717, 1.165) is 12.1 Å². The second kappa shape index (κ2) is 4.75. The fourth-order valence-corrected chi connectivity index (χ4v) is 2.08. The highest BCUT2D eigenvalue weighted by molar-refractivity contribution is 5.20. The molecule has 3 nitrogen and oxygen atoms in total. The first-order valence-electron chi connectivity index (χ1n) is 5.37. The molecule has 0 radical (unpaired) electrons. The summed E-state index contributed by atoms with van der Waals surface area (Å²) >= 11 is 0. The largest absolute Gasteiger partial charge is 0.389 e. The number of aliphatic hydroxyl groups excluding tert-OH is 1. The van der Waals surface area contributed by atoms with Gasteiger partial charge in [-0.25, -0.2) is 0 Å². The van der Waals surface area contributed by atoms with Crippen LogP contribution in [0.2, 0.25) is 0 Å². The molecule has 0 amide bonds. The first kappa shape index (κ1) is 10.6. The van der Waals surface area contributed by atoms with Gasteiger partial charge in [0.1, 0.15) is 0 Å². The lowest BCUT2D eigenvalue weighted by Crippen LogP contribution is -2.45. The van der Waals surface area contributed by atoms with Crippen molar-refractivity contribution in [3.05, 3.63) is 35.9 Å². The van der Waals surface area contributed by atoms with E-state index in [1.165, 1.54) is 0 Å². The van der Waals surface area contributed by atoms with E-state index >= 15 is 0 Å². The summed E-state index contributed by atoms with van der Waals surface area (Å²) in [6.07, 6.45) is -0.430. The van der Waals surface area contributed by atoms with Gasteiger partial charge in [-0.05, 0) is 12.1 Å². The highest BCUT2D eigenvalue weighted by Gasteiger charge is 2.30. The fraction of sp³-hybridized carbons (Fsp3) is 0.500. The molecular weight excluding hydrogens is 190 g/mol. The van der Waals surface area contributed by atoms with Gasteiger partial charge in [-0.2, -0.15) is 0 Å². The molecule has 0 aromatic heterocycles. The minimum absolute atomic E-state index is 0.0740. The van der Waals surface area contributed by atoms with Crippen molar-refractivity contribution in [3.63, 3.8) is 0 Å². The summed E-state index contributed by atoms with van der Waals surface area (Å²) in [6, 6.07) is 10.2. The molecule has 1 aromatic carbocycles. The van der Waals surface area contributed by atoms with Crippen LogP contribution in [0.15, 0.2) is 30.3 Å². The van der Waals surface area contributed by atoms with Crippen LogP contribution in [0.3, 0.4) is 0 Å². The lowest BCUT2D eigenvalue weighted by molar-refractivity contribution is -0.118. The first-order chi connectivity index (χ1) is 7.33. The van der Waals surface area contributed by atoms with E-state index in [4.69, 9.17) is 4.74 Å². The van der Waals surface area contributed by atoms with Crippen LogP contribution >= 0.6 is 0 Å². The molecule has 1 heterocycles. The highest BCUT2D eigenvalue weighted by Crippen LogP contribution is 2.27. The second-order valence-corrected chi connectivity index (χ2v) is 3.83. The molecule has 1 saturated heterocycles. The van der Waals surface area contributed by atoms with Crippen LogP contribution in [0, 0.1) is 0 Å². The molecule has 0 spiro atoms. The zero-order valence-electron chi connectivity index (χ0n) is 8.97. The monoisotopic (exact) mass is 207 g/mol. The third kappa shape index (κ3) is 2.20. The van der Waals surface area contributed by atoms with Gasteiger partial charge in [0.2, 0.25) is 0 Å². The molecule has 0 saturated carbocycles. The Morgan fingerprint density at radius 2 is 2.13 bits per heavy atom. The summed E-state index contributed by atoms with van der Waals surface area (Å²) in [5.74, 6) is 0. The summed E-state index contributed by atoms with van der Waals surface area (Å²) < 4.78 is 5.31. The van der Waals surface area contributed by atoms with Crippen LogP contribution in [0.25, 0.3) is 0 Å². The van der Waals surface area contributed by atoms with Crippen molar-refractivity contribution in [2.24, 2.45) is 0 Å². The van der Waals surface area contributed by atoms with E-state index in [1.54, 1.807) is 0 Å². The zero-order valence-corrected chi connectivity index (χ0v) is 8.97. The van der Waals surface area contributed by atoms with E-state index in [-0.39, 0.29) is 6.04 Å². The van der Waals surface area contributed by atoms with Crippen molar-refractivity contribution in [2.75, 3.05) is 19.9 Å². The standard InChI is InChI=1S/C12H17NO2/c1-2-13-9-15-8-11(14)12(13)10-6-4-3-5-7-10/h3-7,11-12,14H,2,8-9H2,1H3/t11-,12+/m0/s1. The van der Waals surface area contributed by atoms with E-state index in [1.807, 2.05) is 18.2 Å². The molecule has 82 valence electrons. The van der Waals surface area contributed by atoms with Crippen LogP contribution < -0.4 is 0 Å². The number of nitrogens with zero attached hydrogens (tertiary/aromatic N) is 1. The minimum Gasteiger partial charge on any atom is -0.389 e. The molecule has 0 unspecified atom stereocenters. The van der Waals surface area contributed by atoms with E-state index in [2.05, 4.69) is 24.0 Å². The topological polar surface area (TPSA) is 32.7 Å². The summed E-state index contributed by atoms with van der Waals surface area (Å²) in [7, 11) is 0. The van der Waals surface area contributed by atoms with Crippen LogP contribution in [-0.2, 0) is 4.74 Å². The SMILES string of the molecule is CCN1COC[C@H](O)[C@H]1c1ccccc1. The Bertz CT molecular complexity index is 302. The number of rotatable bonds is 2. The normalized spacial score (nSPS) is 27.9. The molecule has 0 aliphatic carbocycles. The molecule has 15 heavy (non-hydrogen) atoms. The van der Waals surface area contributed by atoms with Gasteiger partial charge in [0.15, 0.2) is 0 Å². The lowest BCUT2D eigenvalue weighted by atomic mass is 9.99. The number of hydrogen-bond donors (Lipinski definition) is 1. The quantitative estimate of drug-likeness (QED) is 0.795. The summed E-state index contributed by atoms with van der Waals surface area (Å²) in [6.45, 7) is 4.00. The first-order valence-corrected chi connectivity index (χ1v) is 5.37. The predicted octanol–water partition coefficient (Wildman–Crippen LogP) is 1.40. The fourth-order valence-electron chi connectivity index (χ4n) is 2.08. The maximum absolute atomic E-state index is 9.96. The number of ether oxygens (including phenoxy) is 1. The van der Waals surface area contributed by atoms with Gasteiger partial charge in [0.25, 0.3) is 0 Å². The van der Waals surface area contributed by atoms with Gasteiger partial charge >= 0.3 is 0 Å². The van der Waals surface area contributed by atoms with Gasteiger partial charge in [-0.15, -0.1) is 0 Å². The van der Waals surface area contributed by atoms with Crippen molar-refractivity contribution in [3.8, 4) is 0 Å². The lowest BCUT2D eigenvalue weighted by Gasteiger charge is -2.38. The molecular formula is C12H17NO2. The Kier molecular flexibility index (Phi) is 3.36. The summed E-state index contributed by atoms with van der Waals surface area (Å²) in [5.41, 5.74) is 1.16. The maximum Gasteiger partial charge on any atom is 0.0997 e. The van der Waals surface area contributed by atoms with E-state index in [9.17, 15) is 5.11 Å². The van der Waals surface area contributed by atoms with Crippen molar-refractivity contribution in [1.29, 1.82) is 0 Å². The van der Waals surface area contributed by atoms with Gasteiger partial charge in [-0.3, -0.25) is 4.90 Å². The van der Waals surface area contributed by atoms with Crippen molar-refractivity contribution >= 4 is 0 Å². The Balaban J connectivity index is 2.23. The molecule has 3 heteroatoms. The van der Waals surface area contributed by atoms with E-state index < -0.39 is 6.10 Å². The average Bonchev–Trinajstić information content (AvgIpc) is 2.29. The zero-order chi connectivity index (χ0) is 10.7. The molecule has 1 fully saturated rings. The second-order valence-electron chi connectivity index (χ2n) is 3.83. The third-order valence-corrected chi connectivity index (χ3v) is 2.85. The number of hydrogen-bond acceptors (Lipinski definition) is 3. The van der Waals surface area contributed by atoms with Crippen molar-refractivity contribution in [2.45, 2.75) is 19.1 Å². The average molecular weight is 207 g/mol. The van der Waals surface area contributed by atoms with Crippen LogP contribution in [0.4, 0.5) is 0 Å². The van der Waals surface area contributed by atoms with Gasteiger partial charge < -0.3 is 9.84 Å². The smallest absolute Gasteiger partial charge is 0.0997 e. The van der Waals surface area contributed by atoms with Crippen LogP contribution in [0.1, 0.15) is 18.5 Å². The van der Waals surface area contributed by atoms with Gasteiger partial charge in [-0.1, -0.05) is 37.3 Å². The van der Waals surface area contributed by atoms with Crippen molar-refractivity contribution in [1.82, 2.24) is 4.90 Å². The Morgan fingerprint density at radius 1 is 1.40 bits per heavy atom. The van der Waals surface area contributed by atoms with Crippen LogP contribution in [0.5, 0.6) is 0 Å². The van der Waals surface area contributed by atoms with Crippen LogP contribution in [-0.4, -0.2) is 36.0 Å². The van der Waals surface area contributed by atoms with Crippen molar-refractivity contribution < 1.29 is 9.84 Å². The summed E-state index contributed by atoms with van der Waals surface area (Å²) in [5, 5.41) is 9.96. The molecule has 1 aliphatic rings. The molecule has 1 aliphatic heterocycles. The number of aliphatic hydroxyl groups is 1. The van der Waals surface area contributed by atoms with Gasteiger partial charge in [0.05, 0.1) is 25.5 Å². The summed E-state index contributed by atoms with van der Waals surface area (Å²) in [4.78, 5) is 2.14. The number of benzene rings is 1. The molecule has 0 bridgehead atoms. The predicted molar refractivity (Wildman–Crippen MR) is 58.4 cm³/mol. The van der Waals surface area contributed by atoms with Gasteiger partial charge in [0, 0.05) is 0 Å². The Hall–Kier alpha value is -0.900. The molecule has 1 aromatic rings. The van der Waals surface area contributed by atoms with E-state index in [0.29, 0.717) is 13.3 Å². The molecule has 2 rings (SSSR count). The Morgan fingerprint density at radius 3 is 2.80 bits per heavy atom. The highest BCUT2D eigenvalue weighted by atomic mass is 16.5. The third-order valence-electron chi connectivity index (χ3n) is 2.85. The molecule has 1 N–H and O–H groups in total. The maximum atomic E-state index is 9.96. The minimum atomic E-state index is -0.430. The number of likely N-dealkylation sites (N-methyl/N-ethyl adjacent to an activating group) is 1. The molecule has 2 atom stereocenters. The Labute approximate surface area is 90.3 Å².